The number of amides is 1. The molecule has 0 spiro atoms. The zero-order valence-electron chi connectivity index (χ0n) is 14.3. The molecule has 0 saturated carbocycles. The molecule has 0 aliphatic carbocycles. The highest BCUT2D eigenvalue weighted by Gasteiger charge is 2.24. The zero-order valence-corrected chi connectivity index (χ0v) is 14.3. The van der Waals surface area contributed by atoms with Crippen LogP contribution in [0.4, 0.5) is 4.39 Å². The summed E-state index contributed by atoms with van der Waals surface area (Å²) in [5.74, 6) is 1.02. The van der Waals surface area contributed by atoms with E-state index in [4.69, 9.17) is 0 Å². The van der Waals surface area contributed by atoms with Gasteiger partial charge < -0.3 is 9.47 Å². The molecule has 1 amide bonds. The fraction of sp³-hybridized carbons (Fsp3) is 0.250. The van der Waals surface area contributed by atoms with Gasteiger partial charge in [0.25, 0.3) is 5.91 Å². The molecule has 6 heteroatoms. The summed E-state index contributed by atoms with van der Waals surface area (Å²) in [4.78, 5) is 14.4. The first kappa shape index (κ1) is 16.4. The molecule has 0 atom stereocenters. The summed E-state index contributed by atoms with van der Waals surface area (Å²) in [6, 6.07) is 16.2. The van der Waals surface area contributed by atoms with E-state index in [9.17, 15) is 9.18 Å². The number of aromatic nitrogens is 3. The smallest absolute Gasteiger partial charge is 0.256 e. The van der Waals surface area contributed by atoms with Gasteiger partial charge in [0.2, 0.25) is 0 Å². The van der Waals surface area contributed by atoms with Crippen molar-refractivity contribution in [2.45, 2.75) is 19.4 Å². The second-order valence-corrected chi connectivity index (χ2v) is 6.37. The second-order valence-electron chi connectivity index (χ2n) is 6.37. The summed E-state index contributed by atoms with van der Waals surface area (Å²) in [5, 5.41) is 8.62. The Bertz CT molecular complexity index is 923. The van der Waals surface area contributed by atoms with Crippen LogP contribution < -0.4 is 0 Å². The number of nitrogens with zero attached hydrogens (tertiary/aromatic N) is 4. The average molecular weight is 350 g/mol. The number of halogens is 1. The summed E-state index contributed by atoms with van der Waals surface area (Å²) < 4.78 is 16.0. The van der Waals surface area contributed by atoms with Crippen molar-refractivity contribution in [2.75, 3.05) is 13.1 Å². The number of carbonyl (C=O) groups is 1. The normalized spacial score (nSPS) is 14.0. The van der Waals surface area contributed by atoms with Gasteiger partial charge in [-0.1, -0.05) is 42.5 Å². The second kappa shape index (κ2) is 7.07. The van der Waals surface area contributed by atoms with Crippen molar-refractivity contribution in [1.82, 2.24) is 19.7 Å². The third-order valence-corrected chi connectivity index (χ3v) is 4.70. The number of fused-ring (bicyclic) bond motifs is 1. The maximum absolute atomic E-state index is 13.9. The van der Waals surface area contributed by atoms with Crippen molar-refractivity contribution in [1.29, 1.82) is 0 Å². The molecule has 5 nitrogen and oxygen atoms in total. The van der Waals surface area contributed by atoms with Crippen LogP contribution >= 0.6 is 0 Å². The van der Waals surface area contributed by atoms with E-state index in [0.29, 0.717) is 32.5 Å². The van der Waals surface area contributed by atoms with Gasteiger partial charge in [0.15, 0.2) is 0 Å². The lowest BCUT2D eigenvalue weighted by Crippen LogP contribution is -2.34. The van der Waals surface area contributed by atoms with Gasteiger partial charge in [-0.25, -0.2) is 4.39 Å². The van der Waals surface area contributed by atoms with Crippen LogP contribution in [-0.2, 0) is 19.4 Å². The third kappa shape index (κ3) is 3.22. The van der Waals surface area contributed by atoms with E-state index < -0.39 is 5.82 Å². The van der Waals surface area contributed by atoms with Crippen LogP contribution in [0.15, 0.2) is 54.6 Å². The van der Waals surface area contributed by atoms with Gasteiger partial charge in [0, 0.05) is 32.5 Å². The molecule has 0 fully saturated rings. The average Bonchev–Trinajstić information content (AvgIpc) is 2.91. The lowest BCUT2D eigenvalue weighted by Gasteiger charge is -2.20. The van der Waals surface area contributed by atoms with E-state index in [-0.39, 0.29) is 11.5 Å². The molecule has 2 aromatic carbocycles. The Balaban J connectivity index is 1.51. The first-order valence-corrected chi connectivity index (χ1v) is 8.71. The third-order valence-electron chi connectivity index (χ3n) is 4.70. The highest BCUT2D eigenvalue weighted by molar-refractivity contribution is 5.94. The van der Waals surface area contributed by atoms with Crippen LogP contribution in [-0.4, -0.2) is 38.7 Å². The van der Waals surface area contributed by atoms with Gasteiger partial charge >= 0.3 is 0 Å². The SMILES string of the molecule is O=C(c1ccccc1F)N1CCc2nnc(Cc3ccccc3)n2CC1. The Morgan fingerprint density at radius 3 is 2.54 bits per heavy atom. The van der Waals surface area contributed by atoms with Crippen molar-refractivity contribution >= 4 is 5.91 Å². The quantitative estimate of drug-likeness (QED) is 0.730. The minimum absolute atomic E-state index is 0.120. The van der Waals surface area contributed by atoms with Gasteiger partial charge in [-0.05, 0) is 17.7 Å². The molecule has 0 N–H and O–H groups in total. The van der Waals surface area contributed by atoms with Crippen LogP contribution in [0.1, 0.15) is 27.6 Å². The van der Waals surface area contributed by atoms with Gasteiger partial charge in [-0.2, -0.15) is 0 Å². The highest BCUT2D eigenvalue weighted by atomic mass is 19.1. The van der Waals surface area contributed by atoms with Gasteiger partial charge in [0.1, 0.15) is 17.5 Å². The molecule has 0 unspecified atom stereocenters. The fourth-order valence-corrected chi connectivity index (χ4v) is 3.30. The van der Waals surface area contributed by atoms with Gasteiger partial charge in [-0.3, -0.25) is 4.79 Å². The molecular formula is C20H19FN4O. The maximum atomic E-state index is 13.9. The lowest BCUT2D eigenvalue weighted by molar-refractivity contribution is 0.0754. The predicted octanol–water partition coefficient (Wildman–Crippen LogP) is 2.71. The number of hydrogen-bond acceptors (Lipinski definition) is 3. The summed E-state index contributed by atoms with van der Waals surface area (Å²) >= 11 is 0. The molecule has 0 saturated heterocycles. The number of benzene rings is 2. The van der Waals surface area contributed by atoms with E-state index in [0.717, 1.165) is 11.6 Å². The van der Waals surface area contributed by atoms with E-state index >= 15 is 0 Å². The fourth-order valence-electron chi connectivity index (χ4n) is 3.30. The van der Waals surface area contributed by atoms with Crippen LogP contribution in [0.5, 0.6) is 0 Å². The predicted molar refractivity (Wildman–Crippen MR) is 95.3 cm³/mol. The Kier molecular flexibility index (Phi) is 4.48. The molecular weight excluding hydrogens is 331 g/mol. The lowest BCUT2D eigenvalue weighted by atomic mass is 10.1. The van der Waals surface area contributed by atoms with Crippen molar-refractivity contribution in [3.8, 4) is 0 Å². The highest BCUT2D eigenvalue weighted by Crippen LogP contribution is 2.16. The van der Waals surface area contributed by atoms with Crippen LogP contribution in [0.25, 0.3) is 0 Å². The van der Waals surface area contributed by atoms with Crippen LogP contribution in [0, 0.1) is 5.82 Å². The topological polar surface area (TPSA) is 51.0 Å². The Hall–Kier alpha value is -3.02. The Morgan fingerprint density at radius 2 is 1.73 bits per heavy atom. The Labute approximate surface area is 151 Å². The molecule has 1 aliphatic heterocycles. The molecule has 3 aromatic rings. The molecule has 4 rings (SSSR count). The monoisotopic (exact) mass is 350 g/mol. The summed E-state index contributed by atoms with van der Waals surface area (Å²) in [6.45, 7) is 1.64. The number of rotatable bonds is 3. The van der Waals surface area contributed by atoms with Gasteiger partial charge in [0.05, 0.1) is 5.56 Å². The first-order chi connectivity index (χ1) is 12.7. The molecule has 1 aliphatic rings. The van der Waals surface area contributed by atoms with E-state index in [1.54, 1.807) is 17.0 Å². The number of hydrogen-bond donors (Lipinski definition) is 0. The summed E-state index contributed by atoms with van der Waals surface area (Å²) in [5.41, 5.74) is 1.29. The van der Waals surface area contributed by atoms with Crippen LogP contribution in [0.3, 0.4) is 0 Å². The molecule has 132 valence electrons. The van der Waals surface area contributed by atoms with Crippen molar-refractivity contribution in [3.05, 3.63) is 83.2 Å². The van der Waals surface area contributed by atoms with Crippen molar-refractivity contribution in [2.24, 2.45) is 0 Å². The summed E-state index contributed by atoms with van der Waals surface area (Å²) in [6.07, 6.45) is 1.32. The molecule has 1 aromatic heterocycles. The zero-order chi connectivity index (χ0) is 17.9. The van der Waals surface area contributed by atoms with E-state index in [1.165, 1.54) is 17.7 Å². The van der Waals surface area contributed by atoms with E-state index in [1.807, 2.05) is 18.2 Å². The maximum Gasteiger partial charge on any atom is 0.256 e. The van der Waals surface area contributed by atoms with Gasteiger partial charge in [-0.15, -0.1) is 10.2 Å². The van der Waals surface area contributed by atoms with E-state index in [2.05, 4.69) is 26.9 Å². The largest absolute Gasteiger partial charge is 0.336 e. The molecule has 26 heavy (non-hydrogen) atoms. The minimum atomic E-state index is -0.481. The number of carbonyl (C=O) groups excluding carboxylic acids is 1. The first-order valence-electron chi connectivity index (χ1n) is 8.71. The standard InChI is InChI=1S/C20H19FN4O/c21-17-9-5-4-8-16(17)20(26)24-11-10-18-22-23-19(25(18)13-12-24)14-15-6-2-1-3-7-15/h1-9H,10-14H2. The molecule has 0 radical (unpaired) electrons. The Morgan fingerprint density at radius 1 is 0.962 bits per heavy atom. The molecule has 0 bridgehead atoms. The summed E-state index contributed by atoms with van der Waals surface area (Å²) in [7, 11) is 0. The van der Waals surface area contributed by atoms with Crippen molar-refractivity contribution in [3.63, 3.8) is 0 Å². The minimum Gasteiger partial charge on any atom is -0.336 e. The van der Waals surface area contributed by atoms with Crippen molar-refractivity contribution < 1.29 is 9.18 Å². The molecule has 2 heterocycles. The van der Waals surface area contributed by atoms with Crippen LogP contribution in [0.2, 0.25) is 0 Å².